The first-order valence-electron chi connectivity index (χ1n) is 6.56. The lowest BCUT2D eigenvalue weighted by atomic mass is 10.1. The lowest BCUT2D eigenvalue weighted by Crippen LogP contribution is -2.30. The summed E-state index contributed by atoms with van der Waals surface area (Å²) in [5.41, 5.74) is 1.06. The Hall–Kier alpha value is -1.62. The van der Waals surface area contributed by atoms with E-state index in [1.165, 1.54) is 12.8 Å². The van der Waals surface area contributed by atoms with Gasteiger partial charge in [-0.3, -0.25) is 0 Å². The van der Waals surface area contributed by atoms with E-state index in [0.717, 1.165) is 30.7 Å². The van der Waals surface area contributed by atoms with E-state index in [4.69, 9.17) is 5.11 Å². The van der Waals surface area contributed by atoms with Gasteiger partial charge in [0.1, 0.15) is 5.52 Å². The van der Waals surface area contributed by atoms with Crippen LogP contribution in [-0.4, -0.2) is 38.9 Å². The molecule has 0 spiro atoms. The number of aliphatic hydroxyl groups is 1. The SMILES string of the molecule is OCCCC1CCCN1c1nccn2nccc12. The Morgan fingerprint density at radius 2 is 2.33 bits per heavy atom. The number of fused-ring (bicyclic) bond motifs is 1. The maximum absolute atomic E-state index is 8.97. The van der Waals surface area contributed by atoms with Crippen LogP contribution in [0, 0.1) is 0 Å². The number of aliphatic hydroxyl groups excluding tert-OH is 1. The Morgan fingerprint density at radius 3 is 3.22 bits per heavy atom. The van der Waals surface area contributed by atoms with Crippen molar-refractivity contribution in [3.8, 4) is 0 Å². The normalized spacial score (nSPS) is 19.8. The molecule has 2 aromatic rings. The van der Waals surface area contributed by atoms with Crippen molar-refractivity contribution in [2.24, 2.45) is 0 Å². The molecule has 18 heavy (non-hydrogen) atoms. The van der Waals surface area contributed by atoms with E-state index in [-0.39, 0.29) is 6.61 Å². The highest BCUT2D eigenvalue weighted by molar-refractivity contribution is 5.68. The second-order valence-corrected chi connectivity index (χ2v) is 4.77. The van der Waals surface area contributed by atoms with Crippen LogP contribution in [-0.2, 0) is 0 Å². The molecular weight excluding hydrogens is 228 g/mol. The zero-order valence-corrected chi connectivity index (χ0v) is 10.4. The molecule has 1 N–H and O–H groups in total. The van der Waals surface area contributed by atoms with Gasteiger partial charge in [-0.25, -0.2) is 9.50 Å². The Bertz CT molecular complexity index is 524. The molecule has 1 atom stereocenters. The van der Waals surface area contributed by atoms with Gasteiger partial charge in [-0.1, -0.05) is 0 Å². The predicted octanol–water partition coefficient (Wildman–Crippen LogP) is 1.47. The average Bonchev–Trinajstić information content (AvgIpc) is 3.04. The molecule has 1 aliphatic heterocycles. The fraction of sp³-hybridized carbons (Fsp3) is 0.538. The number of hydrogen-bond acceptors (Lipinski definition) is 4. The largest absolute Gasteiger partial charge is 0.396 e. The lowest BCUT2D eigenvalue weighted by Gasteiger charge is -2.26. The summed E-state index contributed by atoms with van der Waals surface area (Å²) < 4.78 is 1.86. The van der Waals surface area contributed by atoms with Crippen molar-refractivity contribution in [3.63, 3.8) is 0 Å². The number of hydrogen-bond donors (Lipinski definition) is 1. The second kappa shape index (κ2) is 4.94. The van der Waals surface area contributed by atoms with Gasteiger partial charge in [0.2, 0.25) is 0 Å². The first-order chi connectivity index (χ1) is 8.90. The third-order valence-corrected chi connectivity index (χ3v) is 3.65. The highest BCUT2D eigenvalue weighted by atomic mass is 16.2. The van der Waals surface area contributed by atoms with Gasteiger partial charge in [0.15, 0.2) is 5.82 Å². The molecular formula is C13H18N4O. The maximum Gasteiger partial charge on any atom is 0.154 e. The minimum Gasteiger partial charge on any atom is -0.396 e. The van der Waals surface area contributed by atoms with E-state index >= 15 is 0 Å². The molecule has 1 fully saturated rings. The van der Waals surface area contributed by atoms with Gasteiger partial charge < -0.3 is 10.0 Å². The molecule has 2 aromatic heterocycles. The third kappa shape index (κ3) is 1.95. The molecule has 0 saturated carbocycles. The molecule has 3 heterocycles. The molecule has 1 aliphatic rings. The molecule has 96 valence electrons. The molecule has 0 radical (unpaired) electrons. The van der Waals surface area contributed by atoms with Gasteiger partial charge >= 0.3 is 0 Å². The van der Waals surface area contributed by atoms with E-state index in [1.54, 1.807) is 12.4 Å². The summed E-state index contributed by atoms with van der Waals surface area (Å²) in [6, 6.07) is 2.51. The fourth-order valence-corrected chi connectivity index (χ4v) is 2.81. The number of nitrogens with zero attached hydrogens (tertiary/aromatic N) is 4. The highest BCUT2D eigenvalue weighted by Crippen LogP contribution is 2.29. The smallest absolute Gasteiger partial charge is 0.154 e. The van der Waals surface area contributed by atoms with Crippen LogP contribution in [0.2, 0.25) is 0 Å². The Kier molecular flexibility index (Phi) is 3.15. The van der Waals surface area contributed by atoms with Gasteiger partial charge in [0, 0.05) is 31.6 Å². The van der Waals surface area contributed by atoms with E-state index < -0.39 is 0 Å². The van der Waals surface area contributed by atoms with Crippen LogP contribution >= 0.6 is 0 Å². The van der Waals surface area contributed by atoms with Crippen LogP contribution in [0.3, 0.4) is 0 Å². The standard InChI is InChI=1S/C13H18N4O/c18-10-2-4-11-3-1-8-16(11)13-12-5-6-15-17(12)9-7-14-13/h5-7,9,11,18H,1-4,8,10H2. The van der Waals surface area contributed by atoms with E-state index in [9.17, 15) is 0 Å². The molecule has 1 saturated heterocycles. The number of anilines is 1. The van der Waals surface area contributed by atoms with Crippen molar-refractivity contribution >= 4 is 11.3 Å². The zero-order valence-electron chi connectivity index (χ0n) is 10.4. The molecule has 0 bridgehead atoms. The van der Waals surface area contributed by atoms with Crippen LogP contribution in [0.1, 0.15) is 25.7 Å². The fourth-order valence-electron chi connectivity index (χ4n) is 2.81. The summed E-state index contributed by atoms with van der Waals surface area (Å²) in [5, 5.41) is 13.2. The Morgan fingerprint density at radius 1 is 1.39 bits per heavy atom. The molecule has 0 aromatic carbocycles. The highest BCUT2D eigenvalue weighted by Gasteiger charge is 2.26. The summed E-state index contributed by atoms with van der Waals surface area (Å²) >= 11 is 0. The topological polar surface area (TPSA) is 53.7 Å². The summed E-state index contributed by atoms with van der Waals surface area (Å²) in [7, 11) is 0. The summed E-state index contributed by atoms with van der Waals surface area (Å²) in [6.07, 6.45) is 9.77. The van der Waals surface area contributed by atoms with Gasteiger partial charge in [-0.05, 0) is 31.7 Å². The molecule has 3 rings (SSSR count). The van der Waals surface area contributed by atoms with Crippen LogP contribution in [0.15, 0.2) is 24.7 Å². The van der Waals surface area contributed by atoms with Gasteiger partial charge in [0.25, 0.3) is 0 Å². The average molecular weight is 246 g/mol. The van der Waals surface area contributed by atoms with Crippen LogP contribution < -0.4 is 4.90 Å². The van der Waals surface area contributed by atoms with Crippen LogP contribution in [0.25, 0.3) is 5.52 Å². The van der Waals surface area contributed by atoms with Gasteiger partial charge in [-0.2, -0.15) is 5.10 Å². The molecule has 0 amide bonds. The minimum absolute atomic E-state index is 0.272. The van der Waals surface area contributed by atoms with Crippen molar-refractivity contribution < 1.29 is 5.11 Å². The first-order valence-corrected chi connectivity index (χ1v) is 6.56. The van der Waals surface area contributed by atoms with Crippen molar-refractivity contribution in [2.45, 2.75) is 31.7 Å². The van der Waals surface area contributed by atoms with E-state index in [0.29, 0.717) is 6.04 Å². The van der Waals surface area contributed by atoms with Gasteiger partial charge in [0.05, 0.1) is 6.20 Å². The second-order valence-electron chi connectivity index (χ2n) is 4.77. The van der Waals surface area contributed by atoms with Crippen LogP contribution in [0.5, 0.6) is 0 Å². The Labute approximate surface area is 106 Å². The Balaban J connectivity index is 1.90. The predicted molar refractivity (Wildman–Crippen MR) is 69.7 cm³/mol. The lowest BCUT2D eigenvalue weighted by molar-refractivity contribution is 0.279. The summed E-state index contributed by atoms with van der Waals surface area (Å²) in [5.74, 6) is 1.02. The monoisotopic (exact) mass is 246 g/mol. The quantitative estimate of drug-likeness (QED) is 0.887. The number of aromatic nitrogens is 3. The number of rotatable bonds is 4. The van der Waals surface area contributed by atoms with Crippen molar-refractivity contribution in [1.29, 1.82) is 0 Å². The molecule has 5 heteroatoms. The van der Waals surface area contributed by atoms with Gasteiger partial charge in [-0.15, -0.1) is 0 Å². The summed E-state index contributed by atoms with van der Waals surface area (Å²) in [6.45, 7) is 1.32. The van der Waals surface area contributed by atoms with Crippen molar-refractivity contribution in [3.05, 3.63) is 24.7 Å². The minimum atomic E-state index is 0.272. The molecule has 0 aliphatic carbocycles. The third-order valence-electron chi connectivity index (χ3n) is 3.65. The van der Waals surface area contributed by atoms with Crippen molar-refractivity contribution in [1.82, 2.24) is 14.6 Å². The van der Waals surface area contributed by atoms with Crippen molar-refractivity contribution in [2.75, 3.05) is 18.1 Å². The van der Waals surface area contributed by atoms with Crippen LogP contribution in [0.4, 0.5) is 5.82 Å². The molecule has 5 nitrogen and oxygen atoms in total. The van der Waals surface area contributed by atoms with E-state index in [2.05, 4.69) is 15.0 Å². The summed E-state index contributed by atoms with van der Waals surface area (Å²) in [4.78, 5) is 6.89. The zero-order chi connectivity index (χ0) is 12.4. The maximum atomic E-state index is 8.97. The first kappa shape index (κ1) is 11.5. The van der Waals surface area contributed by atoms with E-state index in [1.807, 2.05) is 16.8 Å². The molecule has 1 unspecified atom stereocenters.